The lowest BCUT2D eigenvalue weighted by Gasteiger charge is -2.22. The number of benzene rings is 2. The topological polar surface area (TPSA) is 46.6 Å². The molecule has 0 aromatic heterocycles. The van der Waals surface area contributed by atoms with E-state index in [1.807, 2.05) is 0 Å². The van der Waals surface area contributed by atoms with Gasteiger partial charge in [0.2, 0.25) is 10.0 Å². The molecule has 2 aromatic carbocycles. The van der Waals surface area contributed by atoms with Crippen molar-refractivity contribution in [3.8, 4) is 5.75 Å². The lowest BCUT2D eigenvalue weighted by Crippen LogP contribution is -2.31. The van der Waals surface area contributed by atoms with Gasteiger partial charge in [-0.1, -0.05) is 48.9 Å². The van der Waals surface area contributed by atoms with E-state index in [-0.39, 0.29) is 23.7 Å². The molecule has 0 aliphatic carbocycles. The molecule has 0 saturated carbocycles. The van der Waals surface area contributed by atoms with Crippen molar-refractivity contribution < 1.29 is 21.9 Å². The Bertz CT molecular complexity index is 799. The Morgan fingerprint density at radius 2 is 1.75 bits per heavy atom. The minimum atomic E-state index is -4.03. The van der Waals surface area contributed by atoms with Gasteiger partial charge in [-0.2, -0.15) is 13.1 Å². The van der Waals surface area contributed by atoms with Crippen LogP contribution in [0.2, 0.25) is 5.02 Å². The standard InChI is InChI=1S/C16H16ClF2NO3S/c1-2-20(11-12-7-3-4-8-13(12)17)24(21,22)15-10-6-5-9-14(15)23-16(18)19/h3-10,16H,2,11H2,1H3. The molecule has 0 saturated heterocycles. The maximum atomic E-state index is 12.8. The molecule has 2 aromatic rings. The van der Waals surface area contributed by atoms with Gasteiger partial charge in [-0.3, -0.25) is 0 Å². The zero-order valence-corrected chi connectivity index (χ0v) is 14.4. The fourth-order valence-corrected chi connectivity index (χ4v) is 3.92. The average Bonchev–Trinajstić information content (AvgIpc) is 2.53. The number of rotatable bonds is 7. The highest BCUT2D eigenvalue weighted by Crippen LogP contribution is 2.29. The second-order valence-electron chi connectivity index (χ2n) is 4.85. The van der Waals surface area contributed by atoms with Gasteiger partial charge >= 0.3 is 6.61 Å². The lowest BCUT2D eigenvalue weighted by atomic mass is 10.2. The van der Waals surface area contributed by atoms with Crippen LogP contribution in [-0.2, 0) is 16.6 Å². The summed E-state index contributed by atoms with van der Waals surface area (Å²) in [5.41, 5.74) is 0.622. The molecular formula is C16H16ClF2NO3S. The molecule has 0 amide bonds. The van der Waals surface area contributed by atoms with E-state index in [1.54, 1.807) is 31.2 Å². The molecule has 0 N–H and O–H groups in total. The highest BCUT2D eigenvalue weighted by atomic mass is 35.5. The number of nitrogens with zero attached hydrogens (tertiary/aromatic N) is 1. The minimum Gasteiger partial charge on any atom is -0.433 e. The summed E-state index contributed by atoms with van der Waals surface area (Å²) in [5.74, 6) is -0.384. The molecule has 0 aliphatic rings. The van der Waals surface area contributed by atoms with Crippen molar-refractivity contribution in [1.82, 2.24) is 4.31 Å². The van der Waals surface area contributed by atoms with Crippen LogP contribution in [0.5, 0.6) is 5.75 Å². The van der Waals surface area contributed by atoms with Crippen molar-refractivity contribution in [3.05, 3.63) is 59.1 Å². The Hall–Kier alpha value is -1.70. The highest BCUT2D eigenvalue weighted by Gasteiger charge is 2.28. The third kappa shape index (κ3) is 4.23. The molecule has 0 atom stereocenters. The summed E-state index contributed by atoms with van der Waals surface area (Å²) in [6, 6.07) is 12.2. The van der Waals surface area contributed by atoms with Crippen molar-refractivity contribution in [1.29, 1.82) is 0 Å². The van der Waals surface area contributed by atoms with Crippen molar-refractivity contribution in [3.63, 3.8) is 0 Å². The van der Waals surface area contributed by atoms with Crippen LogP contribution in [-0.4, -0.2) is 25.9 Å². The number of halogens is 3. The van der Waals surface area contributed by atoms with E-state index in [2.05, 4.69) is 4.74 Å². The van der Waals surface area contributed by atoms with E-state index in [0.717, 1.165) is 4.31 Å². The van der Waals surface area contributed by atoms with Crippen LogP contribution >= 0.6 is 11.6 Å². The molecule has 0 bridgehead atoms. The molecule has 0 heterocycles. The number of ether oxygens (including phenoxy) is 1. The third-order valence-corrected chi connectivity index (χ3v) is 5.67. The molecule has 24 heavy (non-hydrogen) atoms. The second-order valence-corrected chi connectivity index (χ2v) is 7.16. The number of alkyl halides is 2. The van der Waals surface area contributed by atoms with E-state index in [0.29, 0.717) is 10.6 Å². The largest absolute Gasteiger partial charge is 0.433 e. The van der Waals surface area contributed by atoms with Crippen LogP contribution in [0.1, 0.15) is 12.5 Å². The number of hydrogen-bond acceptors (Lipinski definition) is 3. The van der Waals surface area contributed by atoms with Gasteiger partial charge in [0, 0.05) is 18.1 Å². The first-order chi connectivity index (χ1) is 11.4. The summed E-state index contributed by atoms with van der Waals surface area (Å²) in [4.78, 5) is -0.306. The van der Waals surface area contributed by atoms with Gasteiger partial charge in [-0.05, 0) is 23.8 Å². The van der Waals surface area contributed by atoms with Crippen LogP contribution in [0.15, 0.2) is 53.4 Å². The van der Waals surface area contributed by atoms with Gasteiger partial charge < -0.3 is 4.74 Å². The van der Waals surface area contributed by atoms with Crippen molar-refractivity contribution in [2.24, 2.45) is 0 Å². The normalized spacial score (nSPS) is 11.9. The van der Waals surface area contributed by atoms with Gasteiger partial charge in [-0.25, -0.2) is 8.42 Å². The van der Waals surface area contributed by atoms with E-state index in [1.165, 1.54) is 24.3 Å². The van der Waals surface area contributed by atoms with Crippen LogP contribution in [0, 0.1) is 0 Å². The number of hydrogen-bond donors (Lipinski definition) is 0. The SMILES string of the molecule is CCN(Cc1ccccc1Cl)S(=O)(=O)c1ccccc1OC(F)F. The highest BCUT2D eigenvalue weighted by molar-refractivity contribution is 7.89. The molecule has 0 fully saturated rings. The number of sulfonamides is 1. The van der Waals surface area contributed by atoms with E-state index in [4.69, 9.17) is 11.6 Å². The monoisotopic (exact) mass is 375 g/mol. The zero-order chi connectivity index (χ0) is 17.7. The molecule has 0 spiro atoms. The van der Waals surface area contributed by atoms with Gasteiger partial charge in [-0.15, -0.1) is 0 Å². The first-order valence-electron chi connectivity index (χ1n) is 7.13. The van der Waals surface area contributed by atoms with Crippen LogP contribution in [0.3, 0.4) is 0 Å². The maximum absolute atomic E-state index is 12.8. The van der Waals surface area contributed by atoms with Crippen molar-refractivity contribution in [2.45, 2.75) is 25.0 Å². The predicted octanol–water partition coefficient (Wildman–Crippen LogP) is 4.15. The van der Waals surface area contributed by atoms with Gasteiger partial charge in [0.25, 0.3) is 0 Å². The Balaban J connectivity index is 2.39. The summed E-state index contributed by atoms with van der Waals surface area (Å²) in [5, 5.41) is 0.434. The minimum absolute atomic E-state index is 0.0293. The first-order valence-corrected chi connectivity index (χ1v) is 8.95. The van der Waals surface area contributed by atoms with Crippen LogP contribution in [0.25, 0.3) is 0 Å². The first kappa shape index (κ1) is 18.6. The third-order valence-electron chi connectivity index (χ3n) is 3.34. The Morgan fingerprint density at radius 1 is 1.12 bits per heavy atom. The van der Waals surface area contributed by atoms with Crippen LogP contribution in [0.4, 0.5) is 8.78 Å². The fourth-order valence-electron chi connectivity index (χ4n) is 2.18. The van der Waals surface area contributed by atoms with E-state index < -0.39 is 16.6 Å². The van der Waals surface area contributed by atoms with Crippen LogP contribution < -0.4 is 4.74 Å². The summed E-state index contributed by atoms with van der Waals surface area (Å²) in [6.45, 7) is -1.27. The zero-order valence-electron chi connectivity index (χ0n) is 12.8. The fraction of sp³-hybridized carbons (Fsp3) is 0.250. The second kappa shape index (κ2) is 7.92. The van der Waals surface area contributed by atoms with Gasteiger partial charge in [0.05, 0.1) is 0 Å². The molecule has 4 nitrogen and oxygen atoms in total. The van der Waals surface area contributed by atoms with E-state index >= 15 is 0 Å². The molecular weight excluding hydrogens is 360 g/mol. The summed E-state index contributed by atoms with van der Waals surface area (Å²) >= 11 is 6.08. The molecule has 8 heteroatoms. The predicted molar refractivity (Wildman–Crippen MR) is 87.8 cm³/mol. The quantitative estimate of drug-likeness (QED) is 0.730. The Morgan fingerprint density at radius 3 is 2.38 bits per heavy atom. The van der Waals surface area contributed by atoms with Crippen molar-refractivity contribution >= 4 is 21.6 Å². The molecule has 0 aliphatic heterocycles. The summed E-state index contributed by atoms with van der Waals surface area (Å²) < 4.78 is 56.2. The van der Waals surface area contributed by atoms with Gasteiger partial charge in [0.1, 0.15) is 10.6 Å². The van der Waals surface area contributed by atoms with Gasteiger partial charge in [0.15, 0.2) is 0 Å². The number of para-hydroxylation sites is 1. The molecule has 0 unspecified atom stereocenters. The molecule has 130 valence electrons. The Kier molecular flexibility index (Phi) is 6.15. The molecule has 2 rings (SSSR count). The Labute approximate surface area is 144 Å². The lowest BCUT2D eigenvalue weighted by molar-refractivity contribution is -0.0517. The summed E-state index contributed by atoms with van der Waals surface area (Å²) in [7, 11) is -4.03. The average molecular weight is 376 g/mol. The molecule has 0 radical (unpaired) electrons. The maximum Gasteiger partial charge on any atom is 0.387 e. The summed E-state index contributed by atoms with van der Waals surface area (Å²) in [6.07, 6.45) is 0. The van der Waals surface area contributed by atoms with E-state index in [9.17, 15) is 17.2 Å². The smallest absolute Gasteiger partial charge is 0.387 e. The van der Waals surface area contributed by atoms with Crippen molar-refractivity contribution in [2.75, 3.05) is 6.54 Å².